The molecule has 5 aromatic carbocycles. The van der Waals surface area contributed by atoms with Crippen molar-refractivity contribution < 1.29 is 17.6 Å². The maximum atomic E-state index is 14.6. The van der Waals surface area contributed by atoms with Crippen LogP contribution in [0.2, 0.25) is 0 Å². The average molecular weight is 703 g/mol. The van der Waals surface area contributed by atoms with Gasteiger partial charge in [0.1, 0.15) is 7.85 Å². The SMILES string of the molecule is Bc1cc(F)c(F)cc1-c1c(Br)c(-c2ccccc2)c(-c2cc(F)c(F)cc2Br)c(Br)c1-c1ccccc1. The molecule has 0 saturated carbocycles. The summed E-state index contributed by atoms with van der Waals surface area (Å²) < 4.78 is 59.1. The standard InChI is InChI=1S/C30H16BBr3F4/c31-19-13-23(37)21(35)11-17(19)27-25(15-7-3-1-4-8-15)30(34)28(18-12-22(36)24(38)14-20(18)32)26(29(27)33)16-9-5-2-6-10-16/h1-14H,31H2. The predicted octanol–water partition coefficient (Wildman–Crippen LogP) is 9.46. The van der Waals surface area contributed by atoms with Gasteiger partial charge in [-0.3, -0.25) is 0 Å². The molecule has 0 fully saturated rings. The molecule has 0 radical (unpaired) electrons. The number of hydrogen-bond donors (Lipinski definition) is 0. The molecule has 5 rings (SSSR count). The summed E-state index contributed by atoms with van der Waals surface area (Å²) in [5, 5.41) is 0. The van der Waals surface area contributed by atoms with Crippen molar-refractivity contribution in [1.82, 2.24) is 0 Å². The molecule has 0 unspecified atom stereocenters. The maximum Gasteiger partial charge on any atom is 0.159 e. The number of halogens is 7. The van der Waals surface area contributed by atoms with E-state index in [-0.39, 0.29) is 0 Å². The van der Waals surface area contributed by atoms with E-state index in [1.165, 1.54) is 12.1 Å². The molecule has 0 heterocycles. The molecule has 0 bridgehead atoms. The van der Waals surface area contributed by atoms with Crippen LogP contribution in [0.5, 0.6) is 0 Å². The summed E-state index contributed by atoms with van der Waals surface area (Å²) in [6.07, 6.45) is 0. The molecule has 188 valence electrons. The van der Waals surface area contributed by atoms with Gasteiger partial charge in [-0.2, -0.15) is 0 Å². The summed E-state index contributed by atoms with van der Waals surface area (Å²) in [6.45, 7) is 0. The summed E-state index contributed by atoms with van der Waals surface area (Å²) in [7, 11) is 1.72. The van der Waals surface area contributed by atoms with Gasteiger partial charge in [-0.15, -0.1) is 0 Å². The van der Waals surface area contributed by atoms with E-state index in [9.17, 15) is 17.6 Å². The van der Waals surface area contributed by atoms with Crippen LogP contribution in [0.25, 0.3) is 44.5 Å². The smallest absolute Gasteiger partial charge is 0.159 e. The lowest BCUT2D eigenvalue weighted by molar-refractivity contribution is 0.508. The first-order chi connectivity index (χ1) is 18.2. The third kappa shape index (κ3) is 4.78. The zero-order valence-corrected chi connectivity index (χ0v) is 24.5. The lowest BCUT2D eigenvalue weighted by Crippen LogP contribution is -2.11. The third-order valence-corrected chi connectivity index (χ3v) is 8.56. The highest BCUT2D eigenvalue weighted by atomic mass is 79.9. The lowest BCUT2D eigenvalue weighted by Gasteiger charge is -2.25. The van der Waals surface area contributed by atoms with Crippen molar-refractivity contribution in [2.24, 2.45) is 0 Å². The van der Waals surface area contributed by atoms with E-state index in [1.807, 2.05) is 60.7 Å². The van der Waals surface area contributed by atoms with Crippen molar-refractivity contribution in [2.75, 3.05) is 0 Å². The van der Waals surface area contributed by atoms with Gasteiger partial charge < -0.3 is 0 Å². The van der Waals surface area contributed by atoms with E-state index in [2.05, 4.69) is 47.8 Å². The predicted molar refractivity (Wildman–Crippen MR) is 159 cm³/mol. The minimum Gasteiger partial charge on any atom is -0.204 e. The van der Waals surface area contributed by atoms with Crippen LogP contribution in [0.4, 0.5) is 17.6 Å². The van der Waals surface area contributed by atoms with E-state index >= 15 is 0 Å². The van der Waals surface area contributed by atoms with Crippen LogP contribution in [-0.4, -0.2) is 7.85 Å². The highest BCUT2D eigenvalue weighted by Crippen LogP contribution is 2.54. The molecule has 0 amide bonds. The Kier molecular flexibility index (Phi) is 7.67. The molecule has 0 N–H and O–H groups in total. The molecule has 0 atom stereocenters. The van der Waals surface area contributed by atoms with Crippen LogP contribution in [-0.2, 0) is 0 Å². The Labute approximate surface area is 243 Å². The van der Waals surface area contributed by atoms with Crippen LogP contribution < -0.4 is 5.46 Å². The Hall–Kier alpha value is -2.68. The second-order valence-corrected chi connectivity index (χ2v) is 11.1. The van der Waals surface area contributed by atoms with Crippen molar-refractivity contribution in [3.8, 4) is 44.5 Å². The van der Waals surface area contributed by atoms with Crippen LogP contribution in [0, 0.1) is 23.3 Å². The highest BCUT2D eigenvalue weighted by Gasteiger charge is 2.28. The number of benzene rings is 5. The molecule has 38 heavy (non-hydrogen) atoms. The molecule has 5 aromatic rings. The van der Waals surface area contributed by atoms with Crippen molar-refractivity contribution >= 4 is 61.1 Å². The second-order valence-electron chi connectivity index (χ2n) is 8.69. The lowest BCUT2D eigenvalue weighted by atomic mass is 9.81. The van der Waals surface area contributed by atoms with Crippen molar-refractivity contribution in [2.45, 2.75) is 0 Å². The normalized spacial score (nSPS) is 11.1. The van der Waals surface area contributed by atoms with Gasteiger partial charge in [0.2, 0.25) is 0 Å². The Morgan fingerprint density at radius 1 is 0.474 bits per heavy atom. The fraction of sp³-hybridized carbons (Fsp3) is 0. The van der Waals surface area contributed by atoms with E-state index in [1.54, 1.807) is 7.85 Å². The van der Waals surface area contributed by atoms with Crippen LogP contribution in [0.3, 0.4) is 0 Å². The monoisotopic (exact) mass is 700 g/mol. The van der Waals surface area contributed by atoms with Gasteiger partial charge in [-0.05, 0) is 72.8 Å². The van der Waals surface area contributed by atoms with Gasteiger partial charge in [-0.25, -0.2) is 17.6 Å². The van der Waals surface area contributed by atoms with E-state index in [0.29, 0.717) is 52.3 Å². The molecule has 0 aliphatic heterocycles. The molecule has 0 saturated heterocycles. The van der Waals surface area contributed by atoms with Gasteiger partial charge >= 0.3 is 0 Å². The van der Waals surface area contributed by atoms with Crippen LogP contribution in [0.1, 0.15) is 0 Å². The number of rotatable bonds is 4. The first-order valence-electron chi connectivity index (χ1n) is 11.5. The zero-order valence-electron chi connectivity index (χ0n) is 19.7. The molecular weight excluding hydrogens is 687 g/mol. The fourth-order valence-corrected chi connectivity index (χ4v) is 6.77. The summed E-state index contributed by atoms with van der Waals surface area (Å²) in [6, 6.07) is 23.4. The summed E-state index contributed by atoms with van der Waals surface area (Å²) in [4.78, 5) is 0. The number of hydrogen-bond acceptors (Lipinski definition) is 0. The topological polar surface area (TPSA) is 0 Å². The Morgan fingerprint density at radius 2 is 0.868 bits per heavy atom. The largest absolute Gasteiger partial charge is 0.204 e. The summed E-state index contributed by atoms with van der Waals surface area (Å²) in [5.41, 5.74) is 5.59. The molecule has 0 nitrogen and oxygen atoms in total. The molecule has 8 heteroatoms. The van der Waals surface area contributed by atoms with E-state index in [4.69, 9.17) is 0 Å². The van der Waals surface area contributed by atoms with Crippen molar-refractivity contribution in [3.05, 3.63) is 122 Å². The summed E-state index contributed by atoms with van der Waals surface area (Å²) >= 11 is 11.0. The average Bonchev–Trinajstić information content (AvgIpc) is 2.90. The van der Waals surface area contributed by atoms with Gasteiger partial charge in [0.25, 0.3) is 0 Å². The second kappa shape index (κ2) is 10.8. The van der Waals surface area contributed by atoms with Crippen LogP contribution in [0.15, 0.2) is 98.3 Å². The molecule has 0 spiro atoms. The quantitative estimate of drug-likeness (QED) is 0.0995. The van der Waals surface area contributed by atoms with Gasteiger partial charge in [0.05, 0.1) is 0 Å². The Bertz CT molecular complexity index is 1560. The Morgan fingerprint density at radius 3 is 1.37 bits per heavy atom. The fourth-order valence-electron chi connectivity index (χ4n) is 4.58. The third-order valence-electron chi connectivity index (χ3n) is 6.32. The maximum absolute atomic E-state index is 14.6. The molecule has 0 aliphatic rings. The Balaban J connectivity index is 2.03. The molecule has 0 aliphatic carbocycles. The molecular formula is C30H16BBr3F4. The van der Waals surface area contributed by atoms with Crippen molar-refractivity contribution in [1.29, 1.82) is 0 Å². The van der Waals surface area contributed by atoms with E-state index < -0.39 is 23.3 Å². The minimum absolute atomic E-state index is 0.358. The van der Waals surface area contributed by atoms with Gasteiger partial charge in [0, 0.05) is 41.2 Å². The zero-order chi connectivity index (χ0) is 27.1. The molecule has 0 aromatic heterocycles. The van der Waals surface area contributed by atoms with Crippen molar-refractivity contribution in [3.63, 3.8) is 0 Å². The van der Waals surface area contributed by atoms with Gasteiger partial charge in [-0.1, -0.05) is 82.1 Å². The first kappa shape index (κ1) is 26.9. The first-order valence-corrected chi connectivity index (χ1v) is 13.8. The summed E-state index contributed by atoms with van der Waals surface area (Å²) in [5.74, 6) is -3.88. The van der Waals surface area contributed by atoms with Crippen LogP contribution >= 0.6 is 47.8 Å². The van der Waals surface area contributed by atoms with E-state index in [0.717, 1.165) is 23.3 Å². The van der Waals surface area contributed by atoms with Gasteiger partial charge in [0.15, 0.2) is 23.3 Å². The minimum atomic E-state index is -0.993. The highest BCUT2D eigenvalue weighted by molar-refractivity contribution is 9.11.